The van der Waals surface area contributed by atoms with Crippen LogP contribution < -0.4 is 15.4 Å². The number of ether oxygens (including phenoxy) is 2. The molecule has 3 aliphatic rings. The van der Waals surface area contributed by atoms with Gasteiger partial charge in [0.1, 0.15) is 24.3 Å². The fourth-order valence-corrected chi connectivity index (χ4v) is 4.80. The molecule has 2 N–H and O–H groups in total. The zero-order valence-corrected chi connectivity index (χ0v) is 20.2. The van der Waals surface area contributed by atoms with Crippen molar-refractivity contribution in [3.05, 3.63) is 59.4 Å². The third-order valence-corrected chi connectivity index (χ3v) is 7.05. The summed E-state index contributed by atoms with van der Waals surface area (Å²) in [4.78, 5) is 39.8. The predicted octanol–water partition coefficient (Wildman–Crippen LogP) is 3.37. The van der Waals surface area contributed by atoms with Gasteiger partial charge in [-0.2, -0.15) is 0 Å². The van der Waals surface area contributed by atoms with Gasteiger partial charge < -0.3 is 25.0 Å². The van der Waals surface area contributed by atoms with Crippen LogP contribution in [0.3, 0.4) is 0 Å². The highest BCUT2D eigenvalue weighted by Gasteiger charge is 2.39. The second kappa shape index (κ2) is 10.3. The molecule has 3 atom stereocenters. The standard InChI is InChI=1S/C27H30FN3O5/c1-31-22-9-8-20(13-25(32)29-14-16-5-6-16)36-24(22)15-35-23-10-7-19(12-21(23)27(31)34)30-26(33)17-3-2-4-18(28)11-17/h2-4,7,10-12,16,20,22,24H,5-6,8-9,13-15H2,1H3,(H,29,32)(H,30,33)/t20-,22-,24+/m0/s1. The monoisotopic (exact) mass is 495 g/mol. The molecule has 2 aliphatic heterocycles. The normalized spacial score (nSPS) is 23.4. The Labute approximate surface area is 209 Å². The molecule has 0 unspecified atom stereocenters. The average molecular weight is 496 g/mol. The van der Waals surface area contributed by atoms with Crippen LogP contribution in [-0.4, -0.2) is 61.1 Å². The van der Waals surface area contributed by atoms with Crippen LogP contribution in [0.4, 0.5) is 10.1 Å². The number of rotatable bonds is 6. The largest absolute Gasteiger partial charge is 0.490 e. The minimum absolute atomic E-state index is 0.000271. The number of nitrogens with zero attached hydrogens (tertiary/aromatic N) is 1. The van der Waals surface area contributed by atoms with E-state index in [1.807, 2.05) is 0 Å². The van der Waals surface area contributed by atoms with Crippen molar-refractivity contribution in [3.8, 4) is 5.75 Å². The molecule has 1 saturated heterocycles. The number of likely N-dealkylation sites (N-methyl/N-ethyl adjacent to an activating group) is 1. The molecular formula is C27H30FN3O5. The Morgan fingerprint density at radius 1 is 1.11 bits per heavy atom. The van der Waals surface area contributed by atoms with Gasteiger partial charge in [-0.25, -0.2) is 4.39 Å². The van der Waals surface area contributed by atoms with Crippen LogP contribution in [-0.2, 0) is 9.53 Å². The molecule has 1 saturated carbocycles. The first-order chi connectivity index (χ1) is 17.4. The maximum Gasteiger partial charge on any atom is 0.257 e. The summed E-state index contributed by atoms with van der Waals surface area (Å²) in [5, 5.41) is 5.70. The first-order valence-corrected chi connectivity index (χ1v) is 12.4. The van der Waals surface area contributed by atoms with Gasteiger partial charge in [0.05, 0.1) is 24.1 Å². The smallest absolute Gasteiger partial charge is 0.257 e. The Hall–Kier alpha value is -3.46. The number of benzene rings is 2. The summed E-state index contributed by atoms with van der Waals surface area (Å²) in [6.07, 6.45) is 3.48. The maximum atomic E-state index is 13.5. The van der Waals surface area contributed by atoms with Crippen molar-refractivity contribution in [2.75, 3.05) is 25.5 Å². The summed E-state index contributed by atoms with van der Waals surface area (Å²) in [5.74, 6) is -0.210. The Morgan fingerprint density at radius 3 is 2.72 bits per heavy atom. The van der Waals surface area contributed by atoms with Gasteiger partial charge in [-0.05, 0) is 68.0 Å². The van der Waals surface area contributed by atoms with Crippen molar-refractivity contribution in [3.63, 3.8) is 0 Å². The molecule has 0 bridgehead atoms. The zero-order valence-electron chi connectivity index (χ0n) is 20.2. The van der Waals surface area contributed by atoms with Crippen LogP contribution >= 0.6 is 0 Å². The number of nitrogens with one attached hydrogen (secondary N) is 2. The van der Waals surface area contributed by atoms with Gasteiger partial charge in [-0.1, -0.05) is 6.07 Å². The molecule has 0 aromatic heterocycles. The summed E-state index contributed by atoms with van der Waals surface area (Å²) < 4.78 is 25.7. The fourth-order valence-electron chi connectivity index (χ4n) is 4.80. The third kappa shape index (κ3) is 5.51. The Balaban J connectivity index is 1.26. The number of halogens is 1. The lowest BCUT2D eigenvalue weighted by Gasteiger charge is -2.42. The molecule has 8 nitrogen and oxygen atoms in total. The van der Waals surface area contributed by atoms with E-state index in [0.717, 1.165) is 12.6 Å². The molecule has 2 aromatic carbocycles. The predicted molar refractivity (Wildman–Crippen MR) is 130 cm³/mol. The van der Waals surface area contributed by atoms with E-state index in [4.69, 9.17) is 9.47 Å². The zero-order chi connectivity index (χ0) is 25.2. The van der Waals surface area contributed by atoms with Crippen LogP contribution in [0.2, 0.25) is 0 Å². The minimum atomic E-state index is -0.503. The van der Waals surface area contributed by atoms with Crippen molar-refractivity contribution >= 4 is 23.4 Å². The van der Waals surface area contributed by atoms with E-state index in [1.165, 1.54) is 31.0 Å². The summed E-state index contributed by atoms with van der Waals surface area (Å²) in [7, 11) is 1.74. The summed E-state index contributed by atoms with van der Waals surface area (Å²) in [6.45, 7) is 0.976. The van der Waals surface area contributed by atoms with Gasteiger partial charge in [-0.3, -0.25) is 14.4 Å². The number of amides is 3. The highest BCUT2D eigenvalue weighted by molar-refractivity contribution is 6.05. The SMILES string of the molecule is CN1C(=O)c2cc(NC(=O)c3cccc(F)c3)ccc2OC[C@H]2O[C@H](CC(=O)NCC3CC3)CC[C@@H]21. The average Bonchev–Trinajstić information content (AvgIpc) is 3.70. The van der Waals surface area contributed by atoms with E-state index in [9.17, 15) is 18.8 Å². The molecule has 0 spiro atoms. The third-order valence-electron chi connectivity index (χ3n) is 7.05. The summed E-state index contributed by atoms with van der Waals surface area (Å²) in [5.41, 5.74) is 0.914. The number of anilines is 1. The van der Waals surface area contributed by atoms with Crippen molar-refractivity contribution in [2.24, 2.45) is 5.92 Å². The van der Waals surface area contributed by atoms with Crippen LogP contribution in [0, 0.1) is 11.7 Å². The Kier molecular flexibility index (Phi) is 6.91. The molecule has 9 heteroatoms. The molecule has 36 heavy (non-hydrogen) atoms. The molecular weight excluding hydrogens is 465 g/mol. The number of carbonyl (C=O) groups excluding carboxylic acids is 3. The van der Waals surface area contributed by atoms with Crippen LogP contribution in [0.25, 0.3) is 0 Å². The quantitative estimate of drug-likeness (QED) is 0.641. The van der Waals surface area contributed by atoms with Gasteiger partial charge in [0.15, 0.2) is 0 Å². The molecule has 2 aromatic rings. The number of hydrogen-bond donors (Lipinski definition) is 2. The van der Waals surface area contributed by atoms with E-state index in [2.05, 4.69) is 10.6 Å². The molecule has 2 fully saturated rings. The maximum absolute atomic E-state index is 13.5. The molecule has 1 aliphatic carbocycles. The van der Waals surface area contributed by atoms with Crippen molar-refractivity contribution < 1.29 is 28.2 Å². The lowest BCUT2D eigenvalue weighted by Crippen LogP contribution is -2.54. The Morgan fingerprint density at radius 2 is 1.94 bits per heavy atom. The molecule has 190 valence electrons. The second-order valence-electron chi connectivity index (χ2n) is 9.80. The number of fused-ring (bicyclic) bond motifs is 2. The van der Waals surface area contributed by atoms with Gasteiger partial charge in [0.2, 0.25) is 5.91 Å². The second-order valence-corrected chi connectivity index (χ2v) is 9.80. The molecule has 2 heterocycles. The molecule has 5 rings (SSSR count). The lowest BCUT2D eigenvalue weighted by molar-refractivity contribution is -0.134. The van der Waals surface area contributed by atoms with E-state index in [-0.39, 0.29) is 42.2 Å². The molecule has 3 amide bonds. The van der Waals surface area contributed by atoms with Crippen LogP contribution in [0.15, 0.2) is 42.5 Å². The highest BCUT2D eigenvalue weighted by atomic mass is 19.1. The van der Waals surface area contributed by atoms with Crippen LogP contribution in [0.1, 0.15) is 52.8 Å². The van der Waals surface area contributed by atoms with Crippen molar-refractivity contribution in [1.29, 1.82) is 0 Å². The van der Waals surface area contributed by atoms with E-state index in [1.54, 1.807) is 30.1 Å². The van der Waals surface area contributed by atoms with Gasteiger partial charge >= 0.3 is 0 Å². The van der Waals surface area contributed by atoms with E-state index >= 15 is 0 Å². The van der Waals surface area contributed by atoms with Crippen LogP contribution in [0.5, 0.6) is 5.75 Å². The first kappa shape index (κ1) is 24.2. The van der Waals surface area contributed by atoms with Crippen molar-refractivity contribution in [1.82, 2.24) is 10.2 Å². The summed E-state index contributed by atoms with van der Waals surface area (Å²) in [6, 6.07) is 10.0. The fraction of sp³-hybridized carbons (Fsp3) is 0.444. The molecule has 0 radical (unpaired) electrons. The minimum Gasteiger partial charge on any atom is -0.490 e. The highest BCUT2D eigenvalue weighted by Crippen LogP contribution is 2.33. The topological polar surface area (TPSA) is 97.0 Å². The Bertz CT molecular complexity index is 1170. The number of carbonyl (C=O) groups is 3. The van der Waals surface area contributed by atoms with Gasteiger partial charge in [0, 0.05) is 24.8 Å². The van der Waals surface area contributed by atoms with Gasteiger partial charge in [-0.15, -0.1) is 0 Å². The first-order valence-electron chi connectivity index (χ1n) is 12.4. The van der Waals surface area contributed by atoms with Gasteiger partial charge in [0.25, 0.3) is 11.8 Å². The summed E-state index contributed by atoms with van der Waals surface area (Å²) >= 11 is 0. The van der Waals surface area contributed by atoms with E-state index in [0.29, 0.717) is 42.2 Å². The number of hydrogen-bond acceptors (Lipinski definition) is 5. The lowest BCUT2D eigenvalue weighted by atomic mass is 9.94. The van der Waals surface area contributed by atoms with Crippen molar-refractivity contribution in [2.45, 2.75) is 50.4 Å². The van der Waals surface area contributed by atoms with E-state index < -0.39 is 11.7 Å².